The fourth-order valence-electron chi connectivity index (χ4n) is 1.17. The van der Waals surface area contributed by atoms with Crippen LogP contribution < -0.4 is 0 Å². The molecule has 0 N–H and O–H groups in total. The van der Waals surface area contributed by atoms with Gasteiger partial charge in [-0.15, -0.1) is 12.6 Å². The first kappa shape index (κ1) is 19.5. The summed E-state index contributed by atoms with van der Waals surface area (Å²) in [5.41, 5.74) is 1.30. The molecule has 0 fully saturated rings. The molecule has 0 spiro atoms. The fraction of sp³-hybridized carbons (Fsp3) is 0.467. The molecule has 0 aliphatic heterocycles. The van der Waals surface area contributed by atoms with Gasteiger partial charge in [0.1, 0.15) is 5.83 Å². The topological polar surface area (TPSA) is 0 Å². The van der Waals surface area contributed by atoms with Crippen LogP contribution in [0.15, 0.2) is 45.9 Å². The predicted molar refractivity (Wildman–Crippen MR) is 81.1 cm³/mol. The Morgan fingerprint density at radius 3 is 1.89 bits per heavy atom. The molecule has 0 nitrogen and oxygen atoms in total. The van der Waals surface area contributed by atoms with E-state index in [1.54, 1.807) is 19.1 Å². The maximum absolute atomic E-state index is 13.5. The molecule has 0 aromatic rings. The van der Waals surface area contributed by atoms with E-state index in [1.807, 2.05) is 27.7 Å². The third-order valence-electron chi connectivity index (χ3n) is 2.07. The second-order valence-electron chi connectivity index (χ2n) is 3.56. The summed E-state index contributed by atoms with van der Waals surface area (Å²) in [6, 6.07) is 0. The molecule has 0 aliphatic carbocycles. The van der Waals surface area contributed by atoms with Gasteiger partial charge in [0.15, 0.2) is 0 Å². The van der Waals surface area contributed by atoms with Crippen molar-refractivity contribution >= 4 is 12.6 Å². The van der Waals surface area contributed by atoms with Crippen LogP contribution in [0, 0.1) is 0 Å². The highest BCUT2D eigenvalue weighted by Crippen LogP contribution is 2.21. The first-order valence-corrected chi connectivity index (χ1v) is 6.60. The van der Waals surface area contributed by atoms with Crippen LogP contribution in [0.25, 0.3) is 0 Å². The number of halogens is 2. The van der Waals surface area contributed by atoms with E-state index in [0.29, 0.717) is 12.0 Å². The summed E-state index contributed by atoms with van der Waals surface area (Å²) in [6.45, 7) is 10.6. The molecule has 0 saturated carbocycles. The highest BCUT2D eigenvalue weighted by Gasteiger charge is 2.03. The van der Waals surface area contributed by atoms with Gasteiger partial charge in [0.2, 0.25) is 0 Å². The number of hydrogen-bond acceptors (Lipinski definition) is 1. The van der Waals surface area contributed by atoms with E-state index in [4.69, 9.17) is 0 Å². The molecule has 104 valence electrons. The predicted octanol–water partition coefficient (Wildman–Crippen LogP) is 6.30. The molecule has 0 unspecified atom stereocenters. The molecule has 0 saturated heterocycles. The van der Waals surface area contributed by atoms with Crippen molar-refractivity contribution in [3.63, 3.8) is 0 Å². The second kappa shape index (κ2) is 11.3. The summed E-state index contributed by atoms with van der Waals surface area (Å²) in [4.78, 5) is 0.844. The zero-order chi connectivity index (χ0) is 14.7. The zero-order valence-corrected chi connectivity index (χ0v) is 13.0. The van der Waals surface area contributed by atoms with Crippen molar-refractivity contribution in [1.82, 2.24) is 0 Å². The summed E-state index contributed by atoms with van der Waals surface area (Å²) in [6.07, 6.45) is 5.19. The van der Waals surface area contributed by atoms with Crippen molar-refractivity contribution in [3.05, 3.63) is 45.9 Å². The van der Waals surface area contributed by atoms with Crippen molar-refractivity contribution in [3.8, 4) is 0 Å². The molecule has 0 aliphatic rings. The molecule has 0 bridgehead atoms. The maximum Gasteiger partial charge on any atom is 0.128 e. The lowest BCUT2D eigenvalue weighted by molar-refractivity contribution is 0.609. The van der Waals surface area contributed by atoms with Gasteiger partial charge >= 0.3 is 0 Å². The molecule has 0 heterocycles. The van der Waals surface area contributed by atoms with E-state index >= 15 is 0 Å². The van der Waals surface area contributed by atoms with Gasteiger partial charge in [-0.05, 0) is 43.2 Å². The van der Waals surface area contributed by atoms with Gasteiger partial charge in [-0.25, -0.2) is 8.78 Å². The Morgan fingerprint density at radius 1 is 1.06 bits per heavy atom. The van der Waals surface area contributed by atoms with Crippen LogP contribution in [0.1, 0.15) is 48.0 Å². The van der Waals surface area contributed by atoms with Crippen molar-refractivity contribution in [1.29, 1.82) is 0 Å². The van der Waals surface area contributed by atoms with Gasteiger partial charge in [-0.3, -0.25) is 0 Å². The quantitative estimate of drug-likeness (QED) is 0.451. The second-order valence-corrected chi connectivity index (χ2v) is 4.26. The Bertz CT molecular complexity index is 353. The van der Waals surface area contributed by atoms with Gasteiger partial charge in [-0.2, -0.15) is 0 Å². The van der Waals surface area contributed by atoms with E-state index in [-0.39, 0.29) is 0 Å². The largest absolute Gasteiger partial charge is 0.212 e. The lowest BCUT2D eigenvalue weighted by atomic mass is 10.0. The van der Waals surface area contributed by atoms with Gasteiger partial charge in [-0.1, -0.05) is 32.9 Å². The highest BCUT2D eigenvalue weighted by atomic mass is 32.1. The monoisotopic (exact) mass is 274 g/mol. The van der Waals surface area contributed by atoms with Gasteiger partial charge < -0.3 is 0 Å². The zero-order valence-electron chi connectivity index (χ0n) is 12.1. The standard InChI is InChI=1S/C13H18F2S.C2H6/c1-5-12(7-6-10(3)16)11(4)13(15)8-9(2)14;1-2/h6-8,16H,5H2,1-4H3;1-2H3/b9-8+,10-6+,12-7+,13-11-;. The van der Waals surface area contributed by atoms with Crippen LogP contribution in [0.4, 0.5) is 8.78 Å². The molecular formula is C15H24F2S. The van der Waals surface area contributed by atoms with Gasteiger partial charge in [0.25, 0.3) is 0 Å². The summed E-state index contributed by atoms with van der Waals surface area (Å²) >= 11 is 4.12. The smallest absolute Gasteiger partial charge is 0.128 e. The summed E-state index contributed by atoms with van der Waals surface area (Å²) in [5, 5.41) is 0. The fourth-order valence-corrected chi connectivity index (χ4v) is 1.24. The Labute approximate surface area is 116 Å². The average molecular weight is 274 g/mol. The molecule has 18 heavy (non-hydrogen) atoms. The third kappa shape index (κ3) is 9.23. The Morgan fingerprint density at radius 2 is 1.56 bits per heavy atom. The third-order valence-corrected chi connectivity index (χ3v) is 2.22. The average Bonchev–Trinajstić information content (AvgIpc) is 2.30. The summed E-state index contributed by atoms with van der Waals surface area (Å²) in [5.74, 6) is -1.06. The molecule has 0 atom stereocenters. The molecule has 0 aromatic heterocycles. The van der Waals surface area contributed by atoms with E-state index in [9.17, 15) is 8.78 Å². The number of allylic oxidation sites excluding steroid dienone is 8. The molecule has 0 aromatic carbocycles. The molecule has 0 rings (SSSR count). The maximum atomic E-state index is 13.5. The van der Waals surface area contributed by atoms with Crippen LogP contribution >= 0.6 is 12.6 Å². The molecular weight excluding hydrogens is 250 g/mol. The van der Waals surface area contributed by atoms with Crippen LogP contribution in [0.3, 0.4) is 0 Å². The summed E-state index contributed by atoms with van der Waals surface area (Å²) in [7, 11) is 0. The van der Waals surface area contributed by atoms with Crippen molar-refractivity contribution in [2.24, 2.45) is 0 Å². The number of rotatable bonds is 4. The van der Waals surface area contributed by atoms with E-state index in [2.05, 4.69) is 12.6 Å². The number of thiol groups is 1. The molecule has 0 radical (unpaired) electrons. The lowest BCUT2D eigenvalue weighted by Crippen LogP contribution is -1.87. The molecule has 3 heteroatoms. The first-order chi connectivity index (χ1) is 8.38. The van der Waals surface area contributed by atoms with E-state index in [0.717, 1.165) is 16.6 Å². The van der Waals surface area contributed by atoms with Crippen LogP contribution in [-0.4, -0.2) is 0 Å². The van der Waals surface area contributed by atoms with E-state index < -0.39 is 11.7 Å². The summed E-state index contributed by atoms with van der Waals surface area (Å²) < 4.78 is 26.0. The van der Waals surface area contributed by atoms with Crippen molar-refractivity contribution < 1.29 is 8.78 Å². The van der Waals surface area contributed by atoms with Crippen LogP contribution in [0.2, 0.25) is 0 Å². The normalized spacial score (nSPS) is 14.8. The Balaban J connectivity index is 0. The number of hydrogen-bond donors (Lipinski definition) is 1. The Hall–Kier alpha value is -0.830. The van der Waals surface area contributed by atoms with Crippen LogP contribution in [-0.2, 0) is 0 Å². The lowest BCUT2D eigenvalue weighted by Gasteiger charge is -2.04. The van der Waals surface area contributed by atoms with Crippen molar-refractivity contribution in [2.45, 2.75) is 48.0 Å². The minimum atomic E-state index is -0.534. The SMILES string of the molecule is CC.CCC(=C\C=C(/C)S)/C(C)=C(F)/C=C(\C)F. The minimum Gasteiger partial charge on any atom is -0.212 e. The molecule has 0 amide bonds. The van der Waals surface area contributed by atoms with Crippen LogP contribution in [0.5, 0.6) is 0 Å². The first-order valence-electron chi connectivity index (χ1n) is 6.15. The minimum absolute atomic E-state index is 0.463. The van der Waals surface area contributed by atoms with Gasteiger partial charge in [0, 0.05) is 6.08 Å². The van der Waals surface area contributed by atoms with E-state index in [1.165, 1.54) is 6.92 Å². The van der Waals surface area contributed by atoms with Crippen molar-refractivity contribution in [2.75, 3.05) is 0 Å². The van der Waals surface area contributed by atoms with Gasteiger partial charge in [0.05, 0.1) is 5.83 Å². The Kier molecular flexibility index (Phi) is 12.2. The highest BCUT2D eigenvalue weighted by molar-refractivity contribution is 7.84.